The third-order valence-electron chi connectivity index (χ3n) is 2.51. The van der Waals surface area contributed by atoms with Crippen LogP contribution in [0.3, 0.4) is 0 Å². The molecule has 19 heavy (non-hydrogen) atoms. The summed E-state index contributed by atoms with van der Waals surface area (Å²) in [6.45, 7) is 9.58. The molecule has 0 aromatic heterocycles. The van der Waals surface area contributed by atoms with Gasteiger partial charge in [0.15, 0.2) is 5.60 Å². The van der Waals surface area contributed by atoms with Gasteiger partial charge in [-0.25, -0.2) is 4.79 Å². The molecule has 0 fully saturated rings. The van der Waals surface area contributed by atoms with E-state index in [1.165, 1.54) is 6.08 Å². The lowest BCUT2D eigenvalue weighted by molar-refractivity contribution is -0.179. The molecule has 5 nitrogen and oxygen atoms in total. The summed E-state index contributed by atoms with van der Waals surface area (Å²) in [5.41, 5.74) is -1.27. The molecule has 5 heteroatoms. The van der Waals surface area contributed by atoms with E-state index in [-0.39, 0.29) is 26.2 Å². The summed E-state index contributed by atoms with van der Waals surface area (Å²) < 4.78 is 15.5. The normalized spacial score (nSPS) is 13.4. The Morgan fingerprint density at radius 3 is 2.26 bits per heavy atom. The van der Waals surface area contributed by atoms with Crippen LogP contribution in [0.15, 0.2) is 12.7 Å². The zero-order valence-corrected chi connectivity index (χ0v) is 12.1. The van der Waals surface area contributed by atoms with Gasteiger partial charge in [0.2, 0.25) is 0 Å². The van der Waals surface area contributed by atoms with E-state index in [4.69, 9.17) is 14.2 Å². The Bertz CT molecular complexity index is 300. The van der Waals surface area contributed by atoms with E-state index in [1.54, 1.807) is 13.8 Å². The monoisotopic (exact) mass is 272 g/mol. The van der Waals surface area contributed by atoms with Crippen LogP contribution in [0.5, 0.6) is 0 Å². The standard InChI is InChI=1S/C14H24O5/c1-5-9-14(19-10-6-2,13(16)18-8-4)11-12(15)17-7-3/h6H,2,5,7-11H2,1,3-4H3. The third kappa shape index (κ3) is 5.87. The van der Waals surface area contributed by atoms with Gasteiger partial charge in [0, 0.05) is 0 Å². The zero-order chi connectivity index (χ0) is 14.7. The van der Waals surface area contributed by atoms with Gasteiger partial charge in [0.1, 0.15) is 0 Å². The lowest BCUT2D eigenvalue weighted by Gasteiger charge is -2.30. The van der Waals surface area contributed by atoms with E-state index in [2.05, 4.69) is 6.58 Å². The number of esters is 2. The quantitative estimate of drug-likeness (QED) is 0.451. The third-order valence-corrected chi connectivity index (χ3v) is 2.51. The topological polar surface area (TPSA) is 61.8 Å². The average molecular weight is 272 g/mol. The van der Waals surface area contributed by atoms with Crippen LogP contribution in [0.4, 0.5) is 0 Å². The molecule has 0 aromatic rings. The van der Waals surface area contributed by atoms with Crippen LogP contribution in [0.1, 0.15) is 40.0 Å². The van der Waals surface area contributed by atoms with Crippen LogP contribution in [-0.4, -0.2) is 37.4 Å². The Kier molecular flexibility index (Phi) is 8.87. The summed E-state index contributed by atoms with van der Waals surface area (Å²) in [5.74, 6) is -0.986. The number of ether oxygens (including phenoxy) is 3. The average Bonchev–Trinajstić information content (AvgIpc) is 2.36. The maximum atomic E-state index is 12.1. The van der Waals surface area contributed by atoms with E-state index in [9.17, 15) is 9.59 Å². The number of hydrogen-bond acceptors (Lipinski definition) is 5. The van der Waals surface area contributed by atoms with E-state index in [0.717, 1.165) is 0 Å². The van der Waals surface area contributed by atoms with Gasteiger partial charge in [-0.2, -0.15) is 0 Å². The lowest BCUT2D eigenvalue weighted by Crippen LogP contribution is -2.45. The van der Waals surface area contributed by atoms with Gasteiger partial charge >= 0.3 is 11.9 Å². The molecule has 1 unspecified atom stereocenters. The number of rotatable bonds is 10. The van der Waals surface area contributed by atoms with Crippen molar-refractivity contribution in [1.82, 2.24) is 0 Å². The van der Waals surface area contributed by atoms with Crippen LogP contribution in [0, 0.1) is 0 Å². The molecule has 0 aliphatic carbocycles. The van der Waals surface area contributed by atoms with Crippen molar-refractivity contribution >= 4 is 11.9 Å². The maximum absolute atomic E-state index is 12.1. The van der Waals surface area contributed by atoms with Crippen LogP contribution >= 0.6 is 0 Å². The van der Waals surface area contributed by atoms with E-state index >= 15 is 0 Å². The molecule has 110 valence electrons. The van der Waals surface area contributed by atoms with Crippen molar-refractivity contribution in [3.63, 3.8) is 0 Å². The lowest BCUT2D eigenvalue weighted by atomic mass is 9.93. The van der Waals surface area contributed by atoms with Crippen molar-refractivity contribution in [1.29, 1.82) is 0 Å². The minimum atomic E-state index is -1.27. The highest BCUT2D eigenvalue weighted by Gasteiger charge is 2.42. The molecular formula is C14H24O5. The fraction of sp³-hybridized carbons (Fsp3) is 0.714. The second-order valence-electron chi connectivity index (χ2n) is 4.05. The Morgan fingerprint density at radius 1 is 1.16 bits per heavy atom. The Hall–Kier alpha value is -1.36. The fourth-order valence-corrected chi connectivity index (χ4v) is 1.77. The smallest absolute Gasteiger partial charge is 0.339 e. The number of carbonyl (C=O) groups excluding carboxylic acids is 2. The summed E-state index contributed by atoms with van der Waals surface area (Å²) in [4.78, 5) is 23.8. The van der Waals surface area contributed by atoms with Crippen molar-refractivity contribution in [2.24, 2.45) is 0 Å². The Morgan fingerprint density at radius 2 is 1.79 bits per heavy atom. The van der Waals surface area contributed by atoms with Crippen LogP contribution in [-0.2, 0) is 23.8 Å². The van der Waals surface area contributed by atoms with Gasteiger partial charge in [-0.05, 0) is 20.3 Å². The molecule has 0 heterocycles. The molecule has 0 aliphatic rings. The minimum Gasteiger partial charge on any atom is -0.466 e. The molecule has 0 spiro atoms. The van der Waals surface area contributed by atoms with Gasteiger partial charge in [-0.1, -0.05) is 19.4 Å². The summed E-state index contributed by atoms with van der Waals surface area (Å²) in [5, 5.41) is 0. The molecular weight excluding hydrogens is 248 g/mol. The molecule has 0 saturated heterocycles. The SMILES string of the molecule is C=CCOC(CCC)(CC(=O)OCC)C(=O)OCC. The molecule has 0 aliphatic heterocycles. The summed E-state index contributed by atoms with van der Waals surface area (Å²) >= 11 is 0. The minimum absolute atomic E-state index is 0.138. The Labute approximate surface area is 114 Å². The first-order chi connectivity index (χ1) is 9.06. The number of hydrogen-bond donors (Lipinski definition) is 0. The van der Waals surface area contributed by atoms with Gasteiger partial charge in [0.25, 0.3) is 0 Å². The summed E-state index contributed by atoms with van der Waals surface area (Å²) in [7, 11) is 0. The highest BCUT2D eigenvalue weighted by molar-refractivity contribution is 5.86. The molecule has 0 aromatic carbocycles. The first-order valence-electron chi connectivity index (χ1n) is 6.64. The van der Waals surface area contributed by atoms with Gasteiger partial charge < -0.3 is 14.2 Å². The highest BCUT2D eigenvalue weighted by atomic mass is 16.6. The molecule has 0 radical (unpaired) electrons. The number of carbonyl (C=O) groups is 2. The second kappa shape index (κ2) is 9.55. The van der Waals surface area contributed by atoms with Gasteiger partial charge in [0.05, 0.1) is 26.2 Å². The fourth-order valence-electron chi connectivity index (χ4n) is 1.77. The van der Waals surface area contributed by atoms with E-state index in [0.29, 0.717) is 12.8 Å². The molecule has 0 amide bonds. The molecule has 0 saturated carbocycles. The highest BCUT2D eigenvalue weighted by Crippen LogP contribution is 2.25. The molecule has 0 bridgehead atoms. The molecule has 1 atom stereocenters. The zero-order valence-electron chi connectivity index (χ0n) is 12.1. The first kappa shape index (κ1) is 17.6. The molecule has 0 N–H and O–H groups in total. The van der Waals surface area contributed by atoms with Crippen molar-refractivity contribution in [2.75, 3.05) is 19.8 Å². The van der Waals surface area contributed by atoms with Crippen molar-refractivity contribution in [3.8, 4) is 0 Å². The van der Waals surface area contributed by atoms with Crippen LogP contribution in [0.2, 0.25) is 0 Å². The van der Waals surface area contributed by atoms with Gasteiger partial charge in [-0.3, -0.25) is 4.79 Å². The predicted molar refractivity (Wildman–Crippen MR) is 71.7 cm³/mol. The summed E-state index contributed by atoms with van der Waals surface area (Å²) in [6, 6.07) is 0. The van der Waals surface area contributed by atoms with Crippen molar-refractivity contribution in [2.45, 2.75) is 45.6 Å². The van der Waals surface area contributed by atoms with Gasteiger partial charge in [-0.15, -0.1) is 6.58 Å². The van der Waals surface area contributed by atoms with Crippen LogP contribution in [0.25, 0.3) is 0 Å². The van der Waals surface area contributed by atoms with Crippen LogP contribution < -0.4 is 0 Å². The second-order valence-corrected chi connectivity index (χ2v) is 4.05. The predicted octanol–water partition coefficient (Wildman–Crippen LogP) is 2.24. The Balaban J connectivity index is 5.04. The molecule has 0 rings (SSSR count). The maximum Gasteiger partial charge on any atom is 0.339 e. The van der Waals surface area contributed by atoms with E-state index in [1.807, 2.05) is 6.92 Å². The summed E-state index contributed by atoms with van der Waals surface area (Å²) in [6.07, 6.45) is 2.49. The largest absolute Gasteiger partial charge is 0.466 e. The van der Waals surface area contributed by atoms with E-state index < -0.39 is 17.5 Å². The first-order valence-corrected chi connectivity index (χ1v) is 6.64. The van der Waals surface area contributed by atoms with Crippen molar-refractivity contribution < 1.29 is 23.8 Å². The van der Waals surface area contributed by atoms with Crippen molar-refractivity contribution in [3.05, 3.63) is 12.7 Å².